The summed E-state index contributed by atoms with van der Waals surface area (Å²) in [5.41, 5.74) is -0.386. The summed E-state index contributed by atoms with van der Waals surface area (Å²) in [5, 5.41) is 9.85. The summed E-state index contributed by atoms with van der Waals surface area (Å²) >= 11 is 0. The lowest BCUT2D eigenvalue weighted by molar-refractivity contribution is -0.136. The topological polar surface area (TPSA) is 68.0 Å². The fourth-order valence-corrected chi connectivity index (χ4v) is 2.21. The van der Waals surface area contributed by atoms with Gasteiger partial charge in [0.15, 0.2) is 0 Å². The van der Waals surface area contributed by atoms with Gasteiger partial charge in [-0.15, -0.1) is 10.2 Å². The van der Waals surface area contributed by atoms with E-state index in [2.05, 4.69) is 15.5 Å². The van der Waals surface area contributed by atoms with Crippen LogP contribution >= 0.6 is 0 Å². The number of rotatable bonds is 3. The summed E-state index contributed by atoms with van der Waals surface area (Å²) < 4.78 is 44.2. The van der Waals surface area contributed by atoms with E-state index in [1.807, 2.05) is 0 Å². The fourth-order valence-electron chi connectivity index (χ4n) is 2.21. The molecule has 0 aliphatic heterocycles. The Morgan fingerprint density at radius 2 is 1.72 bits per heavy atom. The third kappa shape index (κ3) is 3.68. The SMILES string of the molecule is Cc1nnc(-c2ccc(C(=O)Nc3ccccc3C(F)(F)F)cc2)o1. The minimum absolute atomic E-state index is 0.206. The number of anilines is 1. The van der Waals surface area contributed by atoms with Gasteiger partial charge in [-0.05, 0) is 36.4 Å². The second kappa shape index (κ2) is 6.39. The maximum atomic E-state index is 13.0. The largest absolute Gasteiger partial charge is 0.421 e. The number of alkyl halides is 3. The van der Waals surface area contributed by atoms with E-state index in [0.29, 0.717) is 17.3 Å². The molecule has 0 atom stereocenters. The Balaban J connectivity index is 1.81. The van der Waals surface area contributed by atoms with E-state index >= 15 is 0 Å². The van der Waals surface area contributed by atoms with Crippen molar-refractivity contribution in [2.24, 2.45) is 0 Å². The van der Waals surface area contributed by atoms with Crippen LogP contribution in [0.15, 0.2) is 52.9 Å². The van der Waals surface area contributed by atoms with Crippen molar-refractivity contribution in [1.29, 1.82) is 0 Å². The van der Waals surface area contributed by atoms with Gasteiger partial charge in [0.2, 0.25) is 11.8 Å². The van der Waals surface area contributed by atoms with Crippen molar-refractivity contribution in [2.75, 3.05) is 5.32 Å². The van der Waals surface area contributed by atoms with Crippen LogP contribution in [0.3, 0.4) is 0 Å². The van der Waals surface area contributed by atoms with Crippen molar-refractivity contribution in [3.8, 4) is 11.5 Å². The number of hydrogen-bond acceptors (Lipinski definition) is 4. The maximum absolute atomic E-state index is 13.0. The molecule has 0 saturated carbocycles. The van der Waals surface area contributed by atoms with Crippen LogP contribution in [0, 0.1) is 6.92 Å². The number of nitrogens with one attached hydrogen (secondary N) is 1. The lowest BCUT2D eigenvalue weighted by atomic mass is 10.1. The lowest BCUT2D eigenvalue weighted by Gasteiger charge is -2.13. The number of benzene rings is 2. The summed E-state index contributed by atoms with van der Waals surface area (Å²) in [6.07, 6.45) is -4.55. The first-order chi connectivity index (χ1) is 11.8. The van der Waals surface area contributed by atoms with E-state index in [1.165, 1.54) is 30.3 Å². The predicted molar refractivity (Wildman–Crippen MR) is 83.9 cm³/mol. The molecular formula is C17H12F3N3O2. The molecular weight excluding hydrogens is 335 g/mol. The van der Waals surface area contributed by atoms with Crippen molar-refractivity contribution < 1.29 is 22.4 Å². The quantitative estimate of drug-likeness (QED) is 0.766. The second-order valence-corrected chi connectivity index (χ2v) is 5.20. The highest BCUT2D eigenvalue weighted by molar-refractivity contribution is 6.04. The van der Waals surface area contributed by atoms with E-state index in [-0.39, 0.29) is 11.3 Å². The Morgan fingerprint density at radius 1 is 1.04 bits per heavy atom. The smallest absolute Gasteiger partial charge is 0.418 e. The van der Waals surface area contributed by atoms with Crippen LogP contribution in [-0.4, -0.2) is 16.1 Å². The number of hydrogen-bond donors (Lipinski definition) is 1. The molecule has 128 valence electrons. The molecule has 8 heteroatoms. The highest BCUT2D eigenvalue weighted by Crippen LogP contribution is 2.34. The van der Waals surface area contributed by atoms with Crippen molar-refractivity contribution in [3.63, 3.8) is 0 Å². The number of aryl methyl sites for hydroxylation is 1. The first-order valence-electron chi connectivity index (χ1n) is 7.23. The molecule has 0 unspecified atom stereocenters. The maximum Gasteiger partial charge on any atom is 0.418 e. The summed E-state index contributed by atoms with van der Waals surface area (Å²) in [4.78, 5) is 12.2. The highest BCUT2D eigenvalue weighted by Gasteiger charge is 2.33. The molecule has 0 aliphatic rings. The molecule has 0 spiro atoms. The van der Waals surface area contributed by atoms with Gasteiger partial charge in [0, 0.05) is 18.1 Å². The minimum Gasteiger partial charge on any atom is -0.421 e. The molecule has 1 aromatic heterocycles. The van der Waals surface area contributed by atoms with Crippen LogP contribution in [0.25, 0.3) is 11.5 Å². The number of carbonyl (C=O) groups excluding carboxylic acids is 1. The van der Waals surface area contributed by atoms with Gasteiger partial charge < -0.3 is 9.73 Å². The summed E-state index contributed by atoms with van der Waals surface area (Å²) in [7, 11) is 0. The Hall–Kier alpha value is -3.16. The zero-order valence-electron chi connectivity index (χ0n) is 13.0. The van der Waals surface area contributed by atoms with Crippen LogP contribution < -0.4 is 5.32 Å². The highest BCUT2D eigenvalue weighted by atomic mass is 19.4. The van der Waals surface area contributed by atoms with Crippen LogP contribution in [0.5, 0.6) is 0 Å². The second-order valence-electron chi connectivity index (χ2n) is 5.20. The normalized spacial score (nSPS) is 11.4. The van der Waals surface area contributed by atoms with E-state index in [0.717, 1.165) is 6.07 Å². The van der Waals surface area contributed by atoms with Crippen molar-refractivity contribution >= 4 is 11.6 Å². The molecule has 5 nitrogen and oxygen atoms in total. The van der Waals surface area contributed by atoms with Gasteiger partial charge in [-0.1, -0.05) is 12.1 Å². The number of halogens is 3. The molecule has 3 rings (SSSR count). The van der Waals surface area contributed by atoms with Gasteiger partial charge in [0.1, 0.15) is 0 Å². The average Bonchev–Trinajstić information content (AvgIpc) is 3.01. The van der Waals surface area contributed by atoms with Crippen LogP contribution in [-0.2, 0) is 6.18 Å². The minimum atomic E-state index is -4.55. The fraction of sp³-hybridized carbons (Fsp3) is 0.118. The van der Waals surface area contributed by atoms with Gasteiger partial charge in [-0.25, -0.2) is 0 Å². The molecule has 0 aliphatic carbocycles. The van der Waals surface area contributed by atoms with Gasteiger partial charge >= 0.3 is 6.18 Å². The van der Waals surface area contributed by atoms with E-state index in [4.69, 9.17) is 4.42 Å². The number of carbonyl (C=O) groups is 1. The first kappa shape index (κ1) is 16.7. The first-order valence-corrected chi connectivity index (χ1v) is 7.23. The average molecular weight is 347 g/mol. The predicted octanol–water partition coefficient (Wildman–Crippen LogP) is 4.32. The molecule has 3 aromatic rings. The summed E-state index contributed by atoms with van der Waals surface area (Å²) in [6.45, 7) is 1.65. The Kier molecular flexibility index (Phi) is 4.26. The molecule has 1 amide bonds. The molecule has 0 radical (unpaired) electrons. The van der Waals surface area contributed by atoms with Crippen LogP contribution in [0.4, 0.5) is 18.9 Å². The summed E-state index contributed by atoms with van der Waals surface area (Å²) in [5.74, 6) is 0.0532. The Morgan fingerprint density at radius 3 is 2.32 bits per heavy atom. The number of nitrogens with zero attached hydrogens (tertiary/aromatic N) is 2. The standard InChI is InChI=1S/C17H12F3N3O2/c1-10-22-23-16(25-10)12-8-6-11(7-9-12)15(24)21-14-5-3-2-4-13(14)17(18,19)20/h2-9H,1H3,(H,21,24). The van der Waals surface area contributed by atoms with E-state index < -0.39 is 17.6 Å². The monoisotopic (exact) mass is 347 g/mol. The zero-order valence-corrected chi connectivity index (χ0v) is 13.0. The van der Waals surface area contributed by atoms with Crippen LogP contribution in [0.1, 0.15) is 21.8 Å². The molecule has 1 heterocycles. The zero-order chi connectivity index (χ0) is 18.0. The van der Waals surface area contributed by atoms with Gasteiger partial charge in [-0.3, -0.25) is 4.79 Å². The third-order valence-corrected chi connectivity index (χ3v) is 3.40. The van der Waals surface area contributed by atoms with Gasteiger partial charge in [0.25, 0.3) is 5.91 Å². The van der Waals surface area contributed by atoms with E-state index in [9.17, 15) is 18.0 Å². The molecule has 0 fully saturated rings. The number of amides is 1. The van der Waals surface area contributed by atoms with Crippen molar-refractivity contribution in [2.45, 2.75) is 13.1 Å². The summed E-state index contributed by atoms with van der Waals surface area (Å²) in [6, 6.07) is 10.9. The molecule has 25 heavy (non-hydrogen) atoms. The van der Waals surface area contributed by atoms with Crippen molar-refractivity contribution in [3.05, 3.63) is 65.5 Å². The molecule has 0 bridgehead atoms. The molecule has 1 N–H and O–H groups in total. The molecule has 2 aromatic carbocycles. The van der Waals surface area contributed by atoms with Gasteiger partial charge in [-0.2, -0.15) is 13.2 Å². The van der Waals surface area contributed by atoms with Crippen molar-refractivity contribution in [1.82, 2.24) is 10.2 Å². The molecule has 0 saturated heterocycles. The Labute approximate surface area is 140 Å². The Bertz CT molecular complexity index is 902. The van der Waals surface area contributed by atoms with Gasteiger partial charge in [0.05, 0.1) is 11.3 Å². The number of para-hydroxylation sites is 1. The van der Waals surface area contributed by atoms with Crippen LogP contribution in [0.2, 0.25) is 0 Å². The lowest BCUT2D eigenvalue weighted by Crippen LogP contribution is -2.16. The third-order valence-electron chi connectivity index (χ3n) is 3.40. The number of aromatic nitrogens is 2. The van der Waals surface area contributed by atoms with E-state index in [1.54, 1.807) is 19.1 Å².